The van der Waals surface area contributed by atoms with Crippen LogP contribution < -0.4 is 5.32 Å². The molecule has 1 amide bonds. The lowest BCUT2D eigenvalue weighted by Crippen LogP contribution is -2.08. The van der Waals surface area contributed by atoms with Crippen LogP contribution in [-0.4, -0.2) is 15.9 Å². The van der Waals surface area contributed by atoms with Crippen LogP contribution in [0.2, 0.25) is 5.15 Å². The average molecular weight is 250 g/mol. The molecule has 1 aromatic rings. The maximum Gasteiger partial charge on any atom is 0.222 e. The molecule has 0 saturated carbocycles. The van der Waals surface area contributed by atoms with E-state index in [-0.39, 0.29) is 11.1 Å². The van der Waals surface area contributed by atoms with E-state index in [0.717, 1.165) is 0 Å². The number of carbonyl (C=O) groups is 1. The number of rotatable bonds is 1. The van der Waals surface area contributed by atoms with Crippen molar-refractivity contribution in [3.05, 3.63) is 16.0 Å². The fourth-order valence-electron chi connectivity index (χ4n) is 0.597. The molecule has 6 heteroatoms. The predicted molar refractivity (Wildman–Crippen MR) is 49.0 cm³/mol. The summed E-state index contributed by atoms with van der Waals surface area (Å²) in [6.07, 6.45) is 1.36. The van der Waals surface area contributed by atoms with Gasteiger partial charge in [-0.1, -0.05) is 11.6 Å². The highest BCUT2D eigenvalue weighted by Gasteiger charge is 2.04. The van der Waals surface area contributed by atoms with E-state index in [4.69, 9.17) is 11.6 Å². The zero-order valence-corrected chi connectivity index (χ0v) is 8.48. The Balaban J connectivity index is 2.93. The van der Waals surface area contributed by atoms with Crippen LogP contribution >= 0.6 is 27.5 Å². The smallest absolute Gasteiger partial charge is 0.222 e. The van der Waals surface area contributed by atoms with Crippen molar-refractivity contribution in [1.82, 2.24) is 9.97 Å². The van der Waals surface area contributed by atoms with Crippen molar-refractivity contribution in [2.45, 2.75) is 6.92 Å². The van der Waals surface area contributed by atoms with Crippen LogP contribution in [0.4, 0.5) is 5.82 Å². The van der Waals surface area contributed by atoms with Crippen LogP contribution in [0.1, 0.15) is 6.92 Å². The van der Waals surface area contributed by atoms with Crippen LogP contribution in [0.5, 0.6) is 0 Å². The number of halogens is 2. The van der Waals surface area contributed by atoms with Gasteiger partial charge in [0.05, 0.1) is 6.20 Å². The SMILES string of the molecule is CC(=O)Nc1ncc(Cl)nc1Br. The first kappa shape index (κ1) is 9.41. The Hall–Kier alpha value is -0.680. The highest BCUT2D eigenvalue weighted by molar-refractivity contribution is 9.10. The third-order valence-electron chi connectivity index (χ3n) is 0.995. The van der Waals surface area contributed by atoms with Crippen molar-refractivity contribution in [1.29, 1.82) is 0 Å². The van der Waals surface area contributed by atoms with Crippen molar-refractivity contribution in [2.24, 2.45) is 0 Å². The molecule has 64 valence electrons. The number of hydrogen-bond acceptors (Lipinski definition) is 3. The molecule has 0 fully saturated rings. The molecule has 0 aliphatic heterocycles. The number of nitrogens with one attached hydrogen (secondary N) is 1. The molecule has 4 nitrogen and oxygen atoms in total. The molecule has 0 unspecified atom stereocenters. The van der Waals surface area contributed by atoms with Gasteiger partial charge in [0.25, 0.3) is 0 Å². The molecule has 0 aromatic carbocycles. The van der Waals surface area contributed by atoms with Crippen molar-refractivity contribution in [3.8, 4) is 0 Å². The summed E-state index contributed by atoms with van der Waals surface area (Å²) in [7, 11) is 0. The molecule has 0 aliphatic carbocycles. The number of hydrogen-bond donors (Lipinski definition) is 1. The maximum absolute atomic E-state index is 10.6. The van der Waals surface area contributed by atoms with E-state index in [1.807, 2.05) is 0 Å². The Kier molecular flexibility index (Phi) is 2.99. The van der Waals surface area contributed by atoms with E-state index < -0.39 is 0 Å². The summed E-state index contributed by atoms with van der Waals surface area (Å²) in [4.78, 5) is 18.3. The van der Waals surface area contributed by atoms with Crippen LogP contribution in [0.25, 0.3) is 0 Å². The summed E-state index contributed by atoms with van der Waals surface area (Å²) in [5.41, 5.74) is 0. The maximum atomic E-state index is 10.6. The van der Waals surface area contributed by atoms with E-state index >= 15 is 0 Å². The zero-order valence-electron chi connectivity index (χ0n) is 6.14. The highest BCUT2D eigenvalue weighted by Crippen LogP contribution is 2.18. The summed E-state index contributed by atoms with van der Waals surface area (Å²) < 4.78 is 0.421. The first-order valence-corrected chi connectivity index (χ1v) is 4.22. The summed E-state index contributed by atoms with van der Waals surface area (Å²) in [6, 6.07) is 0. The Bertz CT molecular complexity index is 318. The Labute approximate surface area is 82.5 Å². The number of aromatic nitrogens is 2. The molecule has 1 rings (SSSR count). The molecule has 1 aromatic heterocycles. The average Bonchev–Trinajstić information content (AvgIpc) is 1.94. The van der Waals surface area contributed by atoms with Crippen molar-refractivity contribution in [2.75, 3.05) is 5.32 Å². The number of carbonyl (C=O) groups excluding carboxylic acids is 1. The van der Waals surface area contributed by atoms with Gasteiger partial charge in [-0.25, -0.2) is 9.97 Å². The van der Waals surface area contributed by atoms with Crippen molar-refractivity contribution in [3.63, 3.8) is 0 Å². The lowest BCUT2D eigenvalue weighted by molar-refractivity contribution is -0.114. The summed E-state index contributed by atoms with van der Waals surface area (Å²) in [5, 5.41) is 2.76. The molecule has 0 bridgehead atoms. The van der Waals surface area contributed by atoms with Crippen LogP contribution in [0.3, 0.4) is 0 Å². The molecular formula is C6H5BrClN3O. The number of anilines is 1. The molecule has 1 heterocycles. The largest absolute Gasteiger partial charge is 0.309 e. The zero-order chi connectivity index (χ0) is 9.14. The van der Waals surface area contributed by atoms with Crippen molar-refractivity contribution >= 4 is 39.3 Å². The lowest BCUT2D eigenvalue weighted by atomic mass is 10.6. The third kappa shape index (κ3) is 2.42. The summed E-state index contributed by atoms with van der Waals surface area (Å²) in [6.45, 7) is 1.39. The Morgan fingerprint density at radius 3 is 2.92 bits per heavy atom. The molecule has 1 N–H and O–H groups in total. The highest BCUT2D eigenvalue weighted by atomic mass is 79.9. The van der Waals surface area contributed by atoms with E-state index in [9.17, 15) is 4.79 Å². The molecule has 0 atom stereocenters. The molecule has 0 aliphatic rings. The van der Waals surface area contributed by atoms with Gasteiger partial charge in [-0.15, -0.1) is 0 Å². The molecule has 0 radical (unpaired) electrons. The molecule has 0 spiro atoms. The van der Waals surface area contributed by atoms with Gasteiger partial charge >= 0.3 is 0 Å². The first-order chi connectivity index (χ1) is 5.59. The Morgan fingerprint density at radius 1 is 1.75 bits per heavy atom. The fourth-order valence-corrected chi connectivity index (χ4v) is 1.23. The second-order valence-corrected chi connectivity index (χ2v) is 3.15. The van der Waals surface area contributed by atoms with Gasteiger partial charge in [-0.3, -0.25) is 4.79 Å². The van der Waals surface area contributed by atoms with Crippen molar-refractivity contribution < 1.29 is 4.79 Å². The monoisotopic (exact) mass is 249 g/mol. The van der Waals surface area contributed by atoms with Gasteiger partial charge in [-0.2, -0.15) is 0 Å². The molecule has 12 heavy (non-hydrogen) atoms. The van der Waals surface area contributed by atoms with Crippen LogP contribution in [-0.2, 0) is 4.79 Å². The minimum Gasteiger partial charge on any atom is -0.309 e. The second kappa shape index (κ2) is 3.82. The van der Waals surface area contributed by atoms with Gasteiger partial charge in [-0.05, 0) is 15.9 Å². The quantitative estimate of drug-likeness (QED) is 0.827. The molecular weight excluding hydrogens is 245 g/mol. The first-order valence-electron chi connectivity index (χ1n) is 3.05. The van der Waals surface area contributed by atoms with Gasteiger partial charge in [0.15, 0.2) is 10.4 Å². The number of nitrogens with zero attached hydrogens (tertiary/aromatic N) is 2. The van der Waals surface area contributed by atoms with E-state index in [2.05, 4.69) is 31.2 Å². The van der Waals surface area contributed by atoms with Crippen LogP contribution in [0.15, 0.2) is 10.8 Å². The lowest BCUT2D eigenvalue weighted by Gasteiger charge is -2.01. The fraction of sp³-hybridized carbons (Fsp3) is 0.167. The minimum absolute atomic E-state index is 0.202. The van der Waals surface area contributed by atoms with E-state index in [1.165, 1.54) is 13.1 Å². The standard InChI is InChI=1S/C6H5BrClN3O/c1-3(12)10-6-5(7)11-4(8)2-9-6/h2H,1H3,(H,9,10,12). The molecule has 0 saturated heterocycles. The third-order valence-corrected chi connectivity index (χ3v) is 1.73. The Morgan fingerprint density at radius 2 is 2.42 bits per heavy atom. The van der Waals surface area contributed by atoms with E-state index in [1.54, 1.807) is 0 Å². The minimum atomic E-state index is -0.202. The second-order valence-electron chi connectivity index (χ2n) is 2.01. The van der Waals surface area contributed by atoms with Crippen LogP contribution in [0, 0.1) is 0 Å². The predicted octanol–water partition coefficient (Wildman–Crippen LogP) is 1.85. The summed E-state index contributed by atoms with van der Waals surface area (Å²) in [5.74, 6) is 0.166. The topological polar surface area (TPSA) is 54.9 Å². The normalized spacial score (nSPS) is 9.58. The van der Waals surface area contributed by atoms with Gasteiger partial charge < -0.3 is 5.32 Å². The van der Waals surface area contributed by atoms with Gasteiger partial charge in [0, 0.05) is 6.92 Å². The summed E-state index contributed by atoms with van der Waals surface area (Å²) >= 11 is 8.64. The van der Waals surface area contributed by atoms with Gasteiger partial charge in [0.2, 0.25) is 5.91 Å². The van der Waals surface area contributed by atoms with E-state index in [0.29, 0.717) is 10.4 Å². The van der Waals surface area contributed by atoms with Gasteiger partial charge in [0.1, 0.15) is 5.15 Å². The number of amides is 1.